The third-order valence-corrected chi connectivity index (χ3v) is 3.40. The molecule has 1 saturated heterocycles. The van der Waals surface area contributed by atoms with Crippen LogP contribution in [0.25, 0.3) is 0 Å². The number of hydrogen-bond acceptors (Lipinski definition) is 3. The predicted molar refractivity (Wildman–Crippen MR) is 66.7 cm³/mol. The van der Waals surface area contributed by atoms with Gasteiger partial charge in [-0.05, 0) is 56.0 Å². The maximum absolute atomic E-state index is 9.23. The van der Waals surface area contributed by atoms with Gasteiger partial charge in [-0.2, -0.15) is 0 Å². The normalized spacial score (nSPS) is 17.7. The molecule has 3 nitrogen and oxygen atoms in total. The van der Waals surface area contributed by atoms with E-state index in [0.717, 1.165) is 32.0 Å². The molecule has 0 amide bonds. The van der Waals surface area contributed by atoms with Crippen molar-refractivity contribution in [2.75, 3.05) is 24.5 Å². The van der Waals surface area contributed by atoms with E-state index in [2.05, 4.69) is 4.90 Å². The highest BCUT2D eigenvalue weighted by molar-refractivity contribution is 5.49. The summed E-state index contributed by atoms with van der Waals surface area (Å²) < 4.78 is 0. The van der Waals surface area contributed by atoms with Gasteiger partial charge in [-0.3, -0.25) is 0 Å². The van der Waals surface area contributed by atoms with Crippen molar-refractivity contribution < 1.29 is 5.11 Å². The molecule has 1 aliphatic heterocycles. The summed E-state index contributed by atoms with van der Waals surface area (Å²) in [6.45, 7) is 3.02. The summed E-state index contributed by atoms with van der Waals surface area (Å²) in [6.07, 6.45) is 3.62. The highest BCUT2D eigenvalue weighted by Gasteiger charge is 2.18. The van der Waals surface area contributed by atoms with Crippen LogP contribution in [0.5, 0.6) is 5.75 Å². The smallest absolute Gasteiger partial charge is 0.115 e. The fourth-order valence-corrected chi connectivity index (χ4v) is 2.38. The molecular weight excluding hydrogens is 200 g/mol. The van der Waals surface area contributed by atoms with Gasteiger partial charge in [-0.1, -0.05) is 0 Å². The van der Waals surface area contributed by atoms with Crippen molar-refractivity contribution >= 4 is 5.69 Å². The number of rotatable bonds is 3. The highest BCUT2D eigenvalue weighted by atomic mass is 16.3. The van der Waals surface area contributed by atoms with Crippen LogP contribution in [0.2, 0.25) is 0 Å². The maximum Gasteiger partial charge on any atom is 0.115 e. The van der Waals surface area contributed by atoms with Gasteiger partial charge in [0.1, 0.15) is 5.75 Å². The Hall–Kier alpha value is -1.22. The van der Waals surface area contributed by atoms with E-state index < -0.39 is 0 Å². The van der Waals surface area contributed by atoms with Crippen LogP contribution in [0.4, 0.5) is 5.69 Å². The Morgan fingerprint density at radius 1 is 1.19 bits per heavy atom. The average Bonchev–Trinajstić information content (AvgIpc) is 2.32. The molecule has 88 valence electrons. The Morgan fingerprint density at radius 2 is 1.81 bits per heavy atom. The van der Waals surface area contributed by atoms with Gasteiger partial charge in [0, 0.05) is 18.8 Å². The molecule has 0 atom stereocenters. The van der Waals surface area contributed by atoms with Crippen molar-refractivity contribution in [1.82, 2.24) is 0 Å². The van der Waals surface area contributed by atoms with Crippen LogP contribution in [-0.2, 0) is 0 Å². The van der Waals surface area contributed by atoms with E-state index in [4.69, 9.17) is 5.73 Å². The van der Waals surface area contributed by atoms with Crippen molar-refractivity contribution in [3.63, 3.8) is 0 Å². The second kappa shape index (κ2) is 5.21. The second-order valence-electron chi connectivity index (χ2n) is 4.52. The minimum Gasteiger partial charge on any atom is -0.508 e. The average molecular weight is 220 g/mol. The lowest BCUT2D eigenvalue weighted by Crippen LogP contribution is -2.34. The van der Waals surface area contributed by atoms with Gasteiger partial charge in [-0.25, -0.2) is 0 Å². The largest absolute Gasteiger partial charge is 0.508 e. The number of nitrogens with two attached hydrogens (primary N) is 1. The number of aromatic hydroxyl groups is 1. The summed E-state index contributed by atoms with van der Waals surface area (Å²) in [4.78, 5) is 2.38. The lowest BCUT2D eigenvalue weighted by atomic mass is 9.93. The third kappa shape index (κ3) is 2.67. The molecule has 0 aliphatic carbocycles. The number of benzene rings is 1. The number of hydrogen-bond donors (Lipinski definition) is 2. The Bertz CT molecular complexity index is 315. The zero-order valence-corrected chi connectivity index (χ0v) is 9.60. The molecule has 0 radical (unpaired) electrons. The molecule has 1 aromatic rings. The van der Waals surface area contributed by atoms with Crippen LogP contribution in [0.15, 0.2) is 24.3 Å². The molecule has 3 heteroatoms. The Kier molecular flexibility index (Phi) is 3.67. The molecule has 2 rings (SSSR count). The lowest BCUT2D eigenvalue weighted by molar-refractivity contribution is 0.386. The van der Waals surface area contributed by atoms with Crippen LogP contribution in [0.1, 0.15) is 19.3 Å². The first-order valence-electron chi connectivity index (χ1n) is 6.03. The SMILES string of the molecule is NCCC1CCN(c2ccc(O)cc2)CC1. The van der Waals surface area contributed by atoms with Gasteiger partial charge in [-0.15, -0.1) is 0 Å². The predicted octanol–water partition coefficient (Wildman–Crippen LogP) is 1.96. The van der Waals surface area contributed by atoms with Crippen molar-refractivity contribution in [2.45, 2.75) is 19.3 Å². The summed E-state index contributed by atoms with van der Waals surface area (Å²) in [6, 6.07) is 7.47. The number of phenols is 1. The first kappa shape index (κ1) is 11.3. The number of nitrogens with zero attached hydrogens (tertiary/aromatic N) is 1. The summed E-state index contributed by atoms with van der Waals surface area (Å²) >= 11 is 0. The van der Waals surface area contributed by atoms with Crippen LogP contribution >= 0.6 is 0 Å². The fraction of sp³-hybridized carbons (Fsp3) is 0.538. The minimum atomic E-state index is 0.335. The molecule has 3 N–H and O–H groups in total. The zero-order chi connectivity index (χ0) is 11.4. The molecule has 0 saturated carbocycles. The molecule has 0 aromatic heterocycles. The molecule has 1 aromatic carbocycles. The molecule has 1 heterocycles. The van der Waals surface area contributed by atoms with Gasteiger partial charge >= 0.3 is 0 Å². The number of anilines is 1. The second-order valence-corrected chi connectivity index (χ2v) is 4.52. The minimum absolute atomic E-state index is 0.335. The van der Waals surface area contributed by atoms with Crippen LogP contribution < -0.4 is 10.6 Å². The van der Waals surface area contributed by atoms with Gasteiger partial charge in [0.2, 0.25) is 0 Å². The van der Waals surface area contributed by atoms with Crippen molar-refractivity contribution in [2.24, 2.45) is 11.7 Å². The Labute approximate surface area is 96.9 Å². The van der Waals surface area contributed by atoms with Crippen molar-refractivity contribution in [1.29, 1.82) is 0 Å². The number of piperidine rings is 1. The van der Waals surface area contributed by atoms with Crippen molar-refractivity contribution in [3.8, 4) is 5.75 Å². The van der Waals surface area contributed by atoms with E-state index in [1.54, 1.807) is 12.1 Å². The first-order valence-corrected chi connectivity index (χ1v) is 6.03. The highest BCUT2D eigenvalue weighted by Crippen LogP contribution is 2.25. The first-order chi connectivity index (χ1) is 7.79. The molecule has 0 unspecified atom stereocenters. The van der Waals surface area contributed by atoms with E-state index in [1.807, 2.05) is 12.1 Å². The third-order valence-electron chi connectivity index (χ3n) is 3.40. The molecule has 16 heavy (non-hydrogen) atoms. The van der Waals surface area contributed by atoms with Crippen molar-refractivity contribution in [3.05, 3.63) is 24.3 Å². The van der Waals surface area contributed by atoms with E-state index in [0.29, 0.717) is 5.75 Å². The van der Waals surface area contributed by atoms with E-state index >= 15 is 0 Å². The molecular formula is C13H20N2O. The zero-order valence-electron chi connectivity index (χ0n) is 9.60. The maximum atomic E-state index is 9.23. The topological polar surface area (TPSA) is 49.5 Å². The Morgan fingerprint density at radius 3 is 2.38 bits per heavy atom. The fourth-order valence-electron chi connectivity index (χ4n) is 2.38. The summed E-state index contributed by atoms with van der Waals surface area (Å²) in [5, 5.41) is 9.23. The van der Waals surface area contributed by atoms with Gasteiger partial charge < -0.3 is 15.7 Å². The van der Waals surface area contributed by atoms with E-state index in [1.165, 1.54) is 18.5 Å². The molecule has 1 aliphatic rings. The van der Waals surface area contributed by atoms with Gasteiger partial charge in [0.05, 0.1) is 0 Å². The van der Waals surface area contributed by atoms with E-state index in [-0.39, 0.29) is 0 Å². The Balaban J connectivity index is 1.91. The summed E-state index contributed by atoms with van der Waals surface area (Å²) in [5.41, 5.74) is 6.79. The summed E-state index contributed by atoms with van der Waals surface area (Å²) in [5.74, 6) is 1.14. The quantitative estimate of drug-likeness (QED) is 0.818. The van der Waals surface area contributed by atoms with Gasteiger partial charge in [0.15, 0.2) is 0 Å². The van der Waals surface area contributed by atoms with E-state index in [9.17, 15) is 5.11 Å². The van der Waals surface area contributed by atoms with Gasteiger partial charge in [0.25, 0.3) is 0 Å². The number of phenolic OH excluding ortho intramolecular Hbond substituents is 1. The molecule has 0 spiro atoms. The molecule has 1 fully saturated rings. The van der Waals surface area contributed by atoms with Crippen LogP contribution in [0.3, 0.4) is 0 Å². The van der Waals surface area contributed by atoms with Crippen LogP contribution in [0, 0.1) is 5.92 Å². The molecule has 0 bridgehead atoms. The van der Waals surface area contributed by atoms with Crippen LogP contribution in [-0.4, -0.2) is 24.7 Å². The lowest BCUT2D eigenvalue weighted by Gasteiger charge is -2.33. The standard InChI is InChI=1S/C13H20N2O/c14-8-5-11-6-9-15(10-7-11)12-1-3-13(16)4-2-12/h1-4,11,16H,5-10,14H2. The monoisotopic (exact) mass is 220 g/mol. The summed E-state index contributed by atoms with van der Waals surface area (Å²) in [7, 11) is 0.